The quantitative estimate of drug-likeness (QED) is 0.695. The van der Waals surface area contributed by atoms with Gasteiger partial charge in [-0.25, -0.2) is 4.68 Å². The van der Waals surface area contributed by atoms with E-state index in [9.17, 15) is 4.79 Å². The molecule has 0 atom stereocenters. The summed E-state index contributed by atoms with van der Waals surface area (Å²) in [5.74, 6) is 0. The molecule has 0 saturated heterocycles. The third-order valence-electron chi connectivity index (χ3n) is 2.15. The van der Waals surface area contributed by atoms with Crippen molar-refractivity contribution in [3.63, 3.8) is 0 Å². The van der Waals surface area contributed by atoms with Crippen molar-refractivity contribution in [3.8, 4) is 5.69 Å². The molecule has 0 spiro atoms. The number of carbonyl (C=O) groups excluding carboxylic acids is 1. The highest BCUT2D eigenvalue weighted by atomic mass is 16.1. The fourth-order valence-electron chi connectivity index (χ4n) is 1.60. The number of hydrogen-bond acceptors (Lipinski definition) is 3. The molecule has 15 heavy (non-hydrogen) atoms. The summed E-state index contributed by atoms with van der Waals surface area (Å²) in [5, 5.41) is 7.59. The van der Waals surface area contributed by atoms with Crippen molar-refractivity contribution in [2.45, 2.75) is 13.8 Å². The third-order valence-corrected chi connectivity index (χ3v) is 2.15. The van der Waals surface area contributed by atoms with Gasteiger partial charge in [0, 0.05) is 0 Å². The number of rotatable bonds is 2. The van der Waals surface area contributed by atoms with Gasteiger partial charge in [0.25, 0.3) is 0 Å². The zero-order chi connectivity index (χ0) is 10.8. The Morgan fingerprint density at radius 3 is 2.47 bits per heavy atom. The van der Waals surface area contributed by atoms with Crippen LogP contribution in [0.25, 0.3) is 5.69 Å². The first-order valence-electron chi connectivity index (χ1n) is 4.65. The van der Waals surface area contributed by atoms with Crippen LogP contribution in [0.4, 0.5) is 0 Å². The van der Waals surface area contributed by atoms with E-state index in [2.05, 4.69) is 16.4 Å². The van der Waals surface area contributed by atoms with Gasteiger partial charge in [0.2, 0.25) is 0 Å². The number of aryl methyl sites for hydroxylation is 2. The van der Waals surface area contributed by atoms with Crippen molar-refractivity contribution in [2.24, 2.45) is 0 Å². The fraction of sp³-hybridized carbons (Fsp3) is 0.182. The van der Waals surface area contributed by atoms with E-state index in [0.29, 0.717) is 5.69 Å². The first kappa shape index (κ1) is 9.58. The first-order valence-corrected chi connectivity index (χ1v) is 4.65. The zero-order valence-corrected chi connectivity index (χ0v) is 8.64. The molecule has 0 bridgehead atoms. The second-order valence-corrected chi connectivity index (χ2v) is 3.53. The molecule has 0 amide bonds. The molecule has 1 aromatic heterocycles. The van der Waals surface area contributed by atoms with Crippen LogP contribution in [0, 0.1) is 13.8 Å². The highest BCUT2D eigenvalue weighted by molar-refractivity contribution is 5.72. The summed E-state index contributed by atoms with van der Waals surface area (Å²) in [4.78, 5) is 10.7. The second-order valence-electron chi connectivity index (χ2n) is 3.53. The van der Waals surface area contributed by atoms with Gasteiger partial charge in [0.1, 0.15) is 5.69 Å². The number of hydrogen-bond donors (Lipinski definition) is 0. The van der Waals surface area contributed by atoms with Gasteiger partial charge in [-0.05, 0) is 37.1 Å². The lowest BCUT2D eigenvalue weighted by atomic mass is 10.1. The van der Waals surface area contributed by atoms with E-state index in [-0.39, 0.29) is 0 Å². The molecule has 0 aliphatic rings. The molecule has 2 aromatic rings. The molecule has 0 fully saturated rings. The maximum atomic E-state index is 10.7. The summed E-state index contributed by atoms with van der Waals surface area (Å²) in [7, 11) is 0. The molecule has 0 aliphatic heterocycles. The summed E-state index contributed by atoms with van der Waals surface area (Å²) >= 11 is 0. The molecule has 4 heteroatoms. The third kappa shape index (κ3) is 1.79. The van der Waals surface area contributed by atoms with E-state index in [1.165, 1.54) is 10.9 Å². The van der Waals surface area contributed by atoms with Crippen molar-refractivity contribution in [2.75, 3.05) is 0 Å². The predicted molar refractivity (Wildman–Crippen MR) is 56.2 cm³/mol. The molecule has 1 aromatic carbocycles. The Labute approximate surface area is 87.5 Å². The minimum Gasteiger partial charge on any atom is -0.296 e. The molecule has 4 nitrogen and oxygen atoms in total. The number of aromatic nitrogens is 3. The zero-order valence-electron chi connectivity index (χ0n) is 8.64. The van der Waals surface area contributed by atoms with E-state index in [1.54, 1.807) is 0 Å². The minimum absolute atomic E-state index is 0.458. The van der Waals surface area contributed by atoms with Crippen LogP contribution in [0.5, 0.6) is 0 Å². The van der Waals surface area contributed by atoms with Crippen molar-refractivity contribution in [3.05, 3.63) is 41.2 Å². The van der Waals surface area contributed by atoms with Crippen molar-refractivity contribution >= 4 is 6.29 Å². The smallest absolute Gasteiger partial charge is 0.170 e. The van der Waals surface area contributed by atoms with Gasteiger partial charge in [-0.15, -0.1) is 5.10 Å². The maximum absolute atomic E-state index is 10.7. The Hall–Kier alpha value is -1.97. The van der Waals surface area contributed by atoms with Crippen LogP contribution in [0.2, 0.25) is 0 Å². The lowest BCUT2D eigenvalue weighted by molar-refractivity contribution is 0.111. The van der Waals surface area contributed by atoms with E-state index in [1.807, 2.05) is 26.0 Å². The van der Waals surface area contributed by atoms with Crippen LogP contribution in [0.15, 0.2) is 24.4 Å². The van der Waals surface area contributed by atoms with E-state index in [0.717, 1.165) is 23.1 Å². The average Bonchev–Trinajstić information content (AvgIpc) is 2.63. The molecule has 76 valence electrons. The summed E-state index contributed by atoms with van der Waals surface area (Å²) in [6.45, 7) is 4.02. The highest BCUT2D eigenvalue weighted by Gasteiger charge is 2.05. The lowest BCUT2D eigenvalue weighted by Crippen LogP contribution is -2.02. The van der Waals surface area contributed by atoms with Crippen LogP contribution < -0.4 is 0 Å². The van der Waals surface area contributed by atoms with E-state index in [4.69, 9.17) is 0 Å². The second kappa shape index (κ2) is 3.65. The molecule has 0 aliphatic carbocycles. The average molecular weight is 201 g/mol. The molecule has 0 unspecified atom stereocenters. The van der Waals surface area contributed by atoms with E-state index < -0.39 is 0 Å². The lowest BCUT2D eigenvalue weighted by Gasteiger charge is -2.05. The van der Waals surface area contributed by atoms with Gasteiger partial charge in [-0.3, -0.25) is 4.79 Å². The number of aldehydes is 1. The Morgan fingerprint density at radius 1 is 1.20 bits per heavy atom. The summed E-state index contributed by atoms with van der Waals surface area (Å²) in [6, 6.07) is 6.00. The van der Waals surface area contributed by atoms with Crippen molar-refractivity contribution < 1.29 is 4.79 Å². The van der Waals surface area contributed by atoms with Crippen molar-refractivity contribution in [1.29, 1.82) is 0 Å². The number of benzene rings is 1. The molecular formula is C11H11N3O. The van der Waals surface area contributed by atoms with Crippen molar-refractivity contribution in [1.82, 2.24) is 15.0 Å². The normalized spacial score (nSPS) is 10.3. The monoisotopic (exact) mass is 201 g/mol. The van der Waals surface area contributed by atoms with Crippen LogP contribution in [0.1, 0.15) is 21.6 Å². The number of nitrogens with zero attached hydrogens (tertiary/aromatic N) is 3. The highest BCUT2D eigenvalue weighted by Crippen LogP contribution is 2.13. The Kier molecular flexibility index (Phi) is 2.33. The Balaban J connectivity index is 2.58. The summed E-state index contributed by atoms with van der Waals surface area (Å²) < 4.78 is 1.53. The standard InChI is InChI=1S/C11H11N3O/c1-8-3-9(2)5-10(4-8)14-11(7-15)6-12-13-14/h3-7H,1-2H3. The Morgan fingerprint density at radius 2 is 1.87 bits per heavy atom. The maximum Gasteiger partial charge on any atom is 0.170 e. The fourth-order valence-corrected chi connectivity index (χ4v) is 1.60. The first-order chi connectivity index (χ1) is 7.20. The van der Waals surface area contributed by atoms with Gasteiger partial charge >= 0.3 is 0 Å². The molecule has 1 heterocycles. The van der Waals surface area contributed by atoms with E-state index >= 15 is 0 Å². The summed E-state index contributed by atoms with van der Waals surface area (Å²) in [5.41, 5.74) is 3.60. The topological polar surface area (TPSA) is 47.8 Å². The van der Waals surface area contributed by atoms with Gasteiger partial charge in [0.05, 0.1) is 11.9 Å². The molecule has 0 radical (unpaired) electrons. The number of carbonyl (C=O) groups is 1. The minimum atomic E-state index is 0.458. The largest absolute Gasteiger partial charge is 0.296 e. The van der Waals surface area contributed by atoms with Gasteiger partial charge in [-0.2, -0.15) is 0 Å². The van der Waals surface area contributed by atoms with Gasteiger partial charge in [-0.1, -0.05) is 11.3 Å². The molecule has 0 saturated carbocycles. The van der Waals surface area contributed by atoms with Crippen LogP contribution >= 0.6 is 0 Å². The SMILES string of the molecule is Cc1cc(C)cc(-n2nncc2C=O)c1. The van der Waals surface area contributed by atoms with Crippen LogP contribution in [0.3, 0.4) is 0 Å². The van der Waals surface area contributed by atoms with Gasteiger partial charge in [0.15, 0.2) is 6.29 Å². The van der Waals surface area contributed by atoms with Crippen LogP contribution in [-0.2, 0) is 0 Å². The van der Waals surface area contributed by atoms with Gasteiger partial charge < -0.3 is 0 Å². The molecule has 0 N–H and O–H groups in total. The predicted octanol–water partition coefficient (Wildman–Crippen LogP) is 1.70. The van der Waals surface area contributed by atoms with Crippen LogP contribution in [-0.4, -0.2) is 21.3 Å². The molecular weight excluding hydrogens is 190 g/mol. The Bertz CT molecular complexity index is 482. The summed E-state index contributed by atoms with van der Waals surface area (Å²) in [6.07, 6.45) is 2.20. The molecule has 2 rings (SSSR count).